The van der Waals surface area contributed by atoms with E-state index in [0.717, 1.165) is 39.9 Å². The number of nitrogens with zero attached hydrogens (tertiary/aromatic N) is 6. The van der Waals surface area contributed by atoms with Crippen LogP contribution in [0.15, 0.2) is 79.3 Å². The molecule has 5 aromatic rings. The Balaban J connectivity index is 1.07. The molecule has 11 nitrogen and oxygen atoms in total. The number of hydrogen-bond acceptors (Lipinski definition) is 8. The van der Waals surface area contributed by atoms with Crippen LogP contribution >= 0.6 is 11.3 Å². The second kappa shape index (κ2) is 11.8. The molecule has 0 atom stereocenters. The lowest BCUT2D eigenvalue weighted by Gasteiger charge is -2.10. The van der Waals surface area contributed by atoms with Crippen LogP contribution in [0.5, 0.6) is 11.8 Å². The Morgan fingerprint density at radius 3 is 2.43 bits per heavy atom. The number of para-hydroxylation sites is 1. The van der Waals surface area contributed by atoms with E-state index >= 15 is 0 Å². The second-order valence-corrected chi connectivity index (χ2v) is 11.0. The van der Waals surface area contributed by atoms with Gasteiger partial charge in [0.15, 0.2) is 5.13 Å². The van der Waals surface area contributed by atoms with Gasteiger partial charge in [-0.2, -0.15) is 5.10 Å². The zero-order chi connectivity index (χ0) is 29.1. The van der Waals surface area contributed by atoms with Gasteiger partial charge in [0.2, 0.25) is 5.91 Å². The molecule has 4 heterocycles. The maximum absolute atomic E-state index is 12.8. The molecule has 1 fully saturated rings. The average Bonchev–Trinajstić information content (AvgIpc) is 3.75. The molecule has 12 heteroatoms. The number of aromatic nitrogens is 5. The van der Waals surface area contributed by atoms with Gasteiger partial charge in [-0.1, -0.05) is 43.4 Å². The maximum atomic E-state index is 12.8. The van der Waals surface area contributed by atoms with Crippen LogP contribution in [0, 0.1) is 0 Å². The standard InChI is InChI=1S/C30H28N8O3S/c1-19(2)24-15-26(38(36-24)22-7-4-3-5-8-22)35-28(40)34-21-16-31-29(32-17-21)41-23-12-10-20(11-13-23)25-18-33-30(42-25)37-14-6-9-27(37)39/h3-5,7-8,10-13,15-19H,6,9,14H2,1-2H3,(H2,34,35,40). The van der Waals surface area contributed by atoms with Crippen molar-refractivity contribution in [1.82, 2.24) is 24.7 Å². The molecule has 2 aromatic carbocycles. The summed E-state index contributed by atoms with van der Waals surface area (Å²) >= 11 is 1.49. The van der Waals surface area contributed by atoms with Gasteiger partial charge in [0, 0.05) is 25.2 Å². The quantitative estimate of drug-likeness (QED) is 0.215. The smallest absolute Gasteiger partial charge is 0.324 e. The second-order valence-electron chi connectivity index (χ2n) is 9.97. The number of benzene rings is 2. The number of rotatable bonds is 8. The predicted octanol–water partition coefficient (Wildman–Crippen LogP) is 6.47. The number of thiazole rings is 1. The van der Waals surface area contributed by atoms with Crippen molar-refractivity contribution >= 4 is 39.9 Å². The van der Waals surface area contributed by atoms with Gasteiger partial charge in [0.05, 0.1) is 34.3 Å². The van der Waals surface area contributed by atoms with E-state index in [-0.39, 0.29) is 17.8 Å². The van der Waals surface area contributed by atoms with Crippen molar-refractivity contribution in [3.8, 4) is 27.9 Å². The summed E-state index contributed by atoms with van der Waals surface area (Å²) in [5.74, 6) is 1.43. The third-order valence-corrected chi connectivity index (χ3v) is 7.66. The number of carbonyl (C=O) groups is 2. The normalized spacial score (nSPS) is 13.0. The highest BCUT2D eigenvalue weighted by molar-refractivity contribution is 7.19. The van der Waals surface area contributed by atoms with Crippen LogP contribution in [-0.2, 0) is 4.79 Å². The van der Waals surface area contributed by atoms with Crippen molar-refractivity contribution in [2.75, 3.05) is 22.1 Å². The van der Waals surface area contributed by atoms with Crippen molar-refractivity contribution in [1.29, 1.82) is 0 Å². The number of anilines is 3. The molecule has 212 valence electrons. The van der Waals surface area contributed by atoms with Gasteiger partial charge in [0.25, 0.3) is 0 Å². The number of urea groups is 1. The van der Waals surface area contributed by atoms with E-state index in [1.165, 1.54) is 23.7 Å². The Bertz CT molecular complexity index is 1700. The fraction of sp³-hybridized carbons (Fsp3) is 0.200. The Morgan fingerprint density at radius 2 is 1.74 bits per heavy atom. The van der Waals surface area contributed by atoms with Crippen LogP contribution < -0.4 is 20.3 Å². The molecule has 0 saturated carbocycles. The Hall–Kier alpha value is -5.10. The lowest BCUT2D eigenvalue weighted by atomic mass is 10.1. The van der Waals surface area contributed by atoms with Crippen LogP contribution in [0.3, 0.4) is 0 Å². The van der Waals surface area contributed by atoms with Crippen molar-refractivity contribution in [3.63, 3.8) is 0 Å². The molecule has 0 bridgehead atoms. The summed E-state index contributed by atoms with van der Waals surface area (Å²) < 4.78 is 7.49. The summed E-state index contributed by atoms with van der Waals surface area (Å²) in [6.07, 6.45) is 6.18. The number of carbonyl (C=O) groups excluding carboxylic acids is 2. The molecule has 1 saturated heterocycles. The number of amides is 3. The highest BCUT2D eigenvalue weighted by Crippen LogP contribution is 2.34. The molecule has 1 aliphatic rings. The predicted molar refractivity (Wildman–Crippen MR) is 162 cm³/mol. The average molecular weight is 581 g/mol. The molecular weight excluding hydrogens is 552 g/mol. The van der Waals surface area contributed by atoms with Crippen LogP contribution in [0.4, 0.5) is 21.4 Å². The van der Waals surface area contributed by atoms with Gasteiger partial charge >= 0.3 is 12.0 Å². The lowest BCUT2D eigenvalue weighted by Crippen LogP contribution is -2.23. The number of ether oxygens (including phenoxy) is 1. The summed E-state index contributed by atoms with van der Waals surface area (Å²) in [4.78, 5) is 40.4. The summed E-state index contributed by atoms with van der Waals surface area (Å²) in [6, 6.07) is 18.6. The van der Waals surface area contributed by atoms with Crippen molar-refractivity contribution in [2.45, 2.75) is 32.6 Å². The van der Waals surface area contributed by atoms with Crippen LogP contribution in [0.1, 0.15) is 38.3 Å². The first-order chi connectivity index (χ1) is 20.4. The van der Waals surface area contributed by atoms with Crippen molar-refractivity contribution < 1.29 is 14.3 Å². The van der Waals surface area contributed by atoms with E-state index in [4.69, 9.17) is 4.74 Å². The Morgan fingerprint density at radius 1 is 0.976 bits per heavy atom. The van der Waals surface area contributed by atoms with Gasteiger partial charge in [0.1, 0.15) is 11.6 Å². The molecule has 2 N–H and O–H groups in total. The molecule has 0 unspecified atom stereocenters. The van der Waals surface area contributed by atoms with E-state index in [1.54, 1.807) is 15.8 Å². The third-order valence-electron chi connectivity index (χ3n) is 6.59. The summed E-state index contributed by atoms with van der Waals surface area (Å²) in [5.41, 5.74) is 3.08. The van der Waals surface area contributed by atoms with Gasteiger partial charge in [-0.05, 0) is 54.3 Å². The minimum absolute atomic E-state index is 0.122. The van der Waals surface area contributed by atoms with Gasteiger partial charge in [-0.25, -0.2) is 24.4 Å². The molecule has 0 radical (unpaired) electrons. The molecule has 3 aromatic heterocycles. The van der Waals surface area contributed by atoms with E-state index in [0.29, 0.717) is 23.7 Å². The minimum atomic E-state index is -0.449. The first-order valence-electron chi connectivity index (χ1n) is 13.5. The zero-order valence-electron chi connectivity index (χ0n) is 23.0. The molecular formula is C30H28N8O3S. The maximum Gasteiger partial charge on any atom is 0.324 e. The first-order valence-corrected chi connectivity index (χ1v) is 14.3. The Kier molecular flexibility index (Phi) is 7.60. The van der Waals surface area contributed by atoms with E-state index in [9.17, 15) is 9.59 Å². The zero-order valence-corrected chi connectivity index (χ0v) is 23.8. The van der Waals surface area contributed by atoms with E-state index in [1.807, 2.05) is 74.5 Å². The number of hydrogen-bond donors (Lipinski definition) is 2. The van der Waals surface area contributed by atoms with Crippen molar-refractivity contribution in [3.05, 3.63) is 84.9 Å². The minimum Gasteiger partial charge on any atom is -0.424 e. The van der Waals surface area contributed by atoms with E-state index in [2.05, 4.69) is 30.7 Å². The molecule has 0 spiro atoms. The van der Waals surface area contributed by atoms with Crippen molar-refractivity contribution in [2.24, 2.45) is 0 Å². The first kappa shape index (κ1) is 27.1. The SMILES string of the molecule is CC(C)c1cc(NC(=O)Nc2cnc(Oc3ccc(-c4cnc(N5CCCC5=O)s4)cc3)nc2)n(-c2ccccc2)n1. The van der Waals surface area contributed by atoms with Crippen LogP contribution in [0.2, 0.25) is 0 Å². The van der Waals surface area contributed by atoms with Gasteiger partial charge in [-0.3, -0.25) is 15.0 Å². The monoisotopic (exact) mass is 580 g/mol. The topological polar surface area (TPSA) is 127 Å². The number of nitrogens with one attached hydrogen (secondary N) is 2. The summed E-state index contributed by atoms with van der Waals surface area (Å²) in [7, 11) is 0. The lowest BCUT2D eigenvalue weighted by molar-refractivity contribution is -0.117. The van der Waals surface area contributed by atoms with Crippen LogP contribution in [-0.4, -0.2) is 43.2 Å². The summed E-state index contributed by atoms with van der Waals surface area (Å²) in [6.45, 7) is 4.82. The largest absolute Gasteiger partial charge is 0.424 e. The highest BCUT2D eigenvalue weighted by Gasteiger charge is 2.24. The molecule has 42 heavy (non-hydrogen) atoms. The van der Waals surface area contributed by atoms with Gasteiger partial charge < -0.3 is 10.1 Å². The molecule has 6 rings (SSSR count). The molecule has 0 aliphatic carbocycles. The third kappa shape index (κ3) is 5.98. The Labute approximate surface area is 246 Å². The van der Waals surface area contributed by atoms with Crippen LogP contribution in [0.25, 0.3) is 16.1 Å². The molecule has 3 amide bonds. The highest BCUT2D eigenvalue weighted by atomic mass is 32.1. The fourth-order valence-electron chi connectivity index (χ4n) is 4.41. The van der Waals surface area contributed by atoms with Gasteiger partial charge in [-0.15, -0.1) is 0 Å². The summed E-state index contributed by atoms with van der Waals surface area (Å²) in [5, 5.41) is 11.0. The molecule has 1 aliphatic heterocycles. The van der Waals surface area contributed by atoms with E-state index < -0.39 is 6.03 Å². The fourth-order valence-corrected chi connectivity index (χ4v) is 5.38.